The lowest BCUT2D eigenvalue weighted by Gasteiger charge is -2.09. The molecule has 0 aliphatic carbocycles. The number of anilines is 1. The predicted octanol–water partition coefficient (Wildman–Crippen LogP) is 5.01. The van der Waals surface area contributed by atoms with Gasteiger partial charge < -0.3 is 9.73 Å². The Labute approximate surface area is 131 Å². The van der Waals surface area contributed by atoms with E-state index in [1.807, 2.05) is 49.4 Å². The maximum atomic E-state index is 12.3. The number of benzene rings is 2. The van der Waals surface area contributed by atoms with Gasteiger partial charge in [0, 0.05) is 22.0 Å². The molecule has 3 nitrogen and oxygen atoms in total. The highest BCUT2D eigenvalue weighted by atomic mass is 79.9. The molecule has 3 aromatic rings. The minimum atomic E-state index is -0.234. The number of hydrogen-bond donors (Lipinski definition) is 1. The molecule has 0 bridgehead atoms. The Balaban J connectivity index is 1.95. The first-order valence-corrected chi connectivity index (χ1v) is 7.55. The molecule has 0 unspecified atom stereocenters. The zero-order valence-electron chi connectivity index (χ0n) is 11.5. The van der Waals surface area contributed by atoms with Crippen LogP contribution in [0.1, 0.15) is 23.2 Å². The molecule has 0 saturated carbocycles. The molecule has 2 aromatic carbocycles. The van der Waals surface area contributed by atoms with Gasteiger partial charge in [0.25, 0.3) is 5.91 Å². The normalized spacial score (nSPS) is 10.8. The Morgan fingerprint density at radius 3 is 2.57 bits per heavy atom. The molecule has 1 heterocycles. The Hall–Kier alpha value is -2.07. The number of amides is 1. The number of rotatable bonds is 3. The molecule has 4 heteroatoms. The number of furan rings is 1. The third kappa shape index (κ3) is 2.72. The van der Waals surface area contributed by atoms with Crippen LogP contribution in [0.5, 0.6) is 0 Å². The highest BCUT2D eigenvalue weighted by molar-refractivity contribution is 9.10. The lowest BCUT2D eigenvalue weighted by atomic mass is 10.1. The van der Waals surface area contributed by atoms with Crippen molar-refractivity contribution < 1.29 is 9.21 Å². The van der Waals surface area contributed by atoms with Crippen LogP contribution in [-0.2, 0) is 6.42 Å². The van der Waals surface area contributed by atoms with Crippen molar-refractivity contribution >= 4 is 38.3 Å². The fourth-order valence-corrected chi connectivity index (χ4v) is 2.72. The SMILES string of the molecule is CCc1ccc(C(=O)Nc2ccc(Br)c3ccccc23)o1. The molecule has 106 valence electrons. The van der Waals surface area contributed by atoms with Gasteiger partial charge in [-0.3, -0.25) is 4.79 Å². The van der Waals surface area contributed by atoms with Crippen molar-refractivity contribution in [3.63, 3.8) is 0 Å². The highest BCUT2D eigenvalue weighted by Gasteiger charge is 2.13. The summed E-state index contributed by atoms with van der Waals surface area (Å²) in [7, 11) is 0. The second kappa shape index (κ2) is 5.74. The van der Waals surface area contributed by atoms with Gasteiger partial charge in [-0.05, 0) is 29.7 Å². The van der Waals surface area contributed by atoms with E-state index in [1.165, 1.54) is 0 Å². The van der Waals surface area contributed by atoms with Crippen molar-refractivity contribution in [2.45, 2.75) is 13.3 Å². The first-order chi connectivity index (χ1) is 10.2. The predicted molar refractivity (Wildman–Crippen MR) is 87.7 cm³/mol. The molecule has 0 aliphatic rings. The first-order valence-electron chi connectivity index (χ1n) is 6.76. The van der Waals surface area contributed by atoms with Gasteiger partial charge in [-0.15, -0.1) is 0 Å². The van der Waals surface area contributed by atoms with E-state index in [2.05, 4.69) is 21.2 Å². The van der Waals surface area contributed by atoms with Gasteiger partial charge in [0.15, 0.2) is 5.76 Å². The van der Waals surface area contributed by atoms with Crippen molar-refractivity contribution in [2.75, 3.05) is 5.32 Å². The van der Waals surface area contributed by atoms with Crippen LogP contribution in [-0.4, -0.2) is 5.91 Å². The van der Waals surface area contributed by atoms with Crippen LogP contribution < -0.4 is 5.32 Å². The van der Waals surface area contributed by atoms with E-state index < -0.39 is 0 Å². The number of halogens is 1. The summed E-state index contributed by atoms with van der Waals surface area (Å²) in [5.74, 6) is 0.904. The van der Waals surface area contributed by atoms with E-state index in [0.717, 1.165) is 33.1 Å². The van der Waals surface area contributed by atoms with Crippen LogP contribution in [0.25, 0.3) is 10.8 Å². The van der Waals surface area contributed by atoms with Crippen molar-refractivity contribution in [1.29, 1.82) is 0 Å². The van der Waals surface area contributed by atoms with Crippen LogP contribution in [0.15, 0.2) is 57.4 Å². The third-order valence-electron chi connectivity index (χ3n) is 3.35. The van der Waals surface area contributed by atoms with Gasteiger partial charge in [-0.2, -0.15) is 0 Å². The Bertz CT molecular complexity index is 807. The maximum Gasteiger partial charge on any atom is 0.291 e. The smallest absolute Gasteiger partial charge is 0.291 e. The molecule has 3 rings (SSSR count). The van der Waals surface area contributed by atoms with E-state index in [4.69, 9.17) is 4.42 Å². The van der Waals surface area contributed by atoms with Crippen molar-refractivity contribution in [3.8, 4) is 0 Å². The fraction of sp³-hybridized carbons (Fsp3) is 0.118. The lowest BCUT2D eigenvalue weighted by molar-refractivity contribution is 0.0995. The van der Waals surface area contributed by atoms with Gasteiger partial charge in [-0.25, -0.2) is 0 Å². The van der Waals surface area contributed by atoms with E-state index in [1.54, 1.807) is 6.07 Å². The van der Waals surface area contributed by atoms with Gasteiger partial charge >= 0.3 is 0 Å². The number of aryl methyl sites for hydroxylation is 1. The van der Waals surface area contributed by atoms with Gasteiger partial charge in [0.05, 0.1) is 0 Å². The topological polar surface area (TPSA) is 42.2 Å². The van der Waals surface area contributed by atoms with Crippen molar-refractivity contribution in [3.05, 3.63) is 64.5 Å². The van der Waals surface area contributed by atoms with Crippen LogP contribution in [0.2, 0.25) is 0 Å². The number of carbonyl (C=O) groups is 1. The van der Waals surface area contributed by atoms with Gasteiger partial charge in [0.1, 0.15) is 5.76 Å². The summed E-state index contributed by atoms with van der Waals surface area (Å²) in [5.41, 5.74) is 0.772. The standard InChI is InChI=1S/C17H14BrNO2/c1-2-11-7-10-16(21-11)17(20)19-15-9-8-14(18)12-5-3-4-6-13(12)15/h3-10H,2H2,1H3,(H,19,20). The summed E-state index contributed by atoms with van der Waals surface area (Å²) in [5, 5.41) is 4.96. The highest BCUT2D eigenvalue weighted by Crippen LogP contribution is 2.30. The van der Waals surface area contributed by atoms with E-state index in [9.17, 15) is 4.79 Å². The molecule has 0 saturated heterocycles. The minimum absolute atomic E-state index is 0.234. The second-order valence-electron chi connectivity index (χ2n) is 4.71. The molecule has 0 aliphatic heterocycles. The molecule has 0 atom stereocenters. The average molecular weight is 344 g/mol. The third-order valence-corrected chi connectivity index (χ3v) is 4.04. The quantitative estimate of drug-likeness (QED) is 0.726. The van der Waals surface area contributed by atoms with Crippen molar-refractivity contribution in [1.82, 2.24) is 0 Å². The zero-order chi connectivity index (χ0) is 14.8. The van der Waals surface area contributed by atoms with Crippen LogP contribution in [0.3, 0.4) is 0 Å². The summed E-state index contributed by atoms with van der Waals surface area (Å²) in [6.45, 7) is 1.99. The molecule has 1 amide bonds. The average Bonchev–Trinajstić information content (AvgIpc) is 2.99. The van der Waals surface area contributed by atoms with Crippen LogP contribution in [0.4, 0.5) is 5.69 Å². The Morgan fingerprint density at radius 2 is 1.86 bits per heavy atom. The molecule has 1 aromatic heterocycles. The summed E-state index contributed by atoms with van der Waals surface area (Å²) >= 11 is 3.52. The molecule has 0 fully saturated rings. The van der Waals surface area contributed by atoms with E-state index in [-0.39, 0.29) is 5.91 Å². The van der Waals surface area contributed by atoms with Gasteiger partial charge in [0.2, 0.25) is 0 Å². The minimum Gasteiger partial charge on any atom is -0.456 e. The number of fused-ring (bicyclic) bond motifs is 1. The molecule has 1 N–H and O–H groups in total. The molecule has 0 radical (unpaired) electrons. The summed E-state index contributed by atoms with van der Waals surface area (Å²) in [4.78, 5) is 12.3. The van der Waals surface area contributed by atoms with Crippen LogP contribution >= 0.6 is 15.9 Å². The number of carbonyl (C=O) groups excluding carboxylic acids is 1. The molecule has 21 heavy (non-hydrogen) atoms. The molecular formula is C17H14BrNO2. The summed E-state index contributed by atoms with van der Waals surface area (Å²) < 4.78 is 6.48. The molecular weight excluding hydrogens is 330 g/mol. The molecule has 0 spiro atoms. The number of hydrogen-bond acceptors (Lipinski definition) is 2. The van der Waals surface area contributed by atoms with E-state index >= 15 is 0 Å². The summed E-state index contributed by atoms with van der Waals surface area (Å²) in [6.07, 6.45) is 0.772. The van der Waals surface area contributed by atoms with Gasteiger partial charge in [-0.1, -0.05) is 47.1 Å². The fourth-order valence-electron chi connectivity index (χ4n) is 2.25. The maximum absolute atomic E-state index is 12.3. The number of nitrogens with one attached hydrogen (secondary N) is 1. The Morgan fingerprint density at radius 1 is 1.10 bits per heavy atom. The monoisotopic (exact) mass is 343 g/mol. The van der Waals surface area contributed by atoms with Crippen LogP contribution in [0, 0.1) is 0 Å². The van der Waals surface area contributed by atoms with E-state index in [0.29, 0.717) is 5.76 Å². The summed E-state index contributed by atoms with van der Waals surface area (Å²) in [6, 6.07) is 15.3. The second-order valence-corrected chi connectivity index (χ2v) is 5.57. The largest absolute Gasteiger partial charge is 0.456 e. The van der Waals surface area contributed by atoms with Crippen molar-refractivity contribution in [2.24, 2.45) is 0 Å². The first kappa shape index (κ1) is 13.9. The lowest BCUT2D eigenvalue weighted by Crippen LogP contribution is -2.11. The Kier molecular flexibility index (Phi) is 3.80. The zero-order valence-corrected chi connectivity index (χ0v) is 13.1.